The van der Waals surface area contributed by atoms with Gasteiger partial charge in [-0.1, -0.05) is 12.1 Å². The predicted molar refractivity (Wildman–Crippen MR) is 64.2 cm³/mol. The lowest BCUT2D eigenvalue weighted by atomic mass is 10.2. The van der Waals surface area contributed by atoms with E-state index in [4.69, 9.17) is 4.74 Å². The predicted octanol–water partition coefficient (Wildman–Crippen LogP) is 0.922. The summed E-state index contributed by atoms with van der Waals surface area (Å²) in [5.41, 5.74) is 1.33. The van der Waals surface area contributed by atoms with Crippen LogP contribution >= 0.6 is 0 Å². The molecule has 5 nitrogen and oxygen atoms in total. The van der Waals surface area contributed by atoms with E-state index in [1.54, 1.807) is 19.2 Å². The van der Waals surface area contributed by atoms with Gasteiger partial charge in [-0.05, 0) is 25.6 Å². The topological polar surface area (TPSA) is 67.4 Å². The molecular formula is C10H16N2O3S. The molecule has 0 aliphatic carbocycles. The first-order valence-corrected chi connectivity index (χ1v) is 6.68. The Morgan fingerprint density at radius 3 is 2.62 bits per heavy atom. The zero-order valence-corrected chi connectivity index (χ0v) is 10.4. The zero-order valence-electron chi connectivity index (χ0n) is 9.57. The summed E-state index contributed by atoms with van der Waals surface area (Å²) in [6, 6.07) is 5.30. The Bertz CT molecular complexity index is 457. The molecule has 1 rings (SSSR count). The molecule has 0 fully saturated rings. The van der Waals surface area contributed by atoms with Crippen molar-refractivity contribution in [2.24, 2.45) is 0 Å². The molecule has 0 unspecified atom stereocenters. The highest BCUT2D eigenvalue weighted by Gasteiger charge is 2.10. The summed E-state index contributed by atoms with van der Waals surface area (Å²) in [5, 5.41) is 2.83. The molecule has 0 heterocycles. The minimum Gasteiger partial charge on any atom is -0.476 e. The number of aryl methyl sites for hydroxylation is 1. The fourth-order valence-electron chi connectivity index (χ4n) is 1.27. The van der Waals surface area contributed by atoms with Gasteiger partial charge in [0, 0.05) is 0 Å². The maximum atomic E-state index is 11.2. The van der Waals surface area contributed by atoms with Crippen LogP contribution in [0.2, 0.25) is 0 Å². The number of rotatable bonds is 5. The van der Waals surface area contributed by atoms with Crippen LogP contribution in [0.25, 0.3) is 0 Å². The lowest BCUT2D eigenvalue weighted by molar-refractivity contribution is 0.295. The lowest BCUT2D eigenvalue weighted by Gasteiger charge is -2.14. The fraction of sp³-hybridized carbons (Fsp3) is 0.400. The van der Waals surface area contributed by atoms with E-state index in [0.29, 0.717) is 18.2 Å². The number of hydrogen-bond donors (Lipinski definition) is 2. The van der Waals surface area contributed by atoms with E-state index in [2.05, 4.69) is 10.0 Å². The first kappa shape index (κ1) is 12.8. The number of ether oxygens (including phenoxy) is 1. The minimum absolute atomic E-state index is 0.323. The average Bonchev–Trinajstić information content (AvgIpc) is 2.14. The second kappa shape index (κ2) is 5.18. The Hall–Kier alpha value is -1.27. The maximum absolute atomic E-state index is 11.2. The fourth-order valence-corrected chi connectivity index (χ4v) is 1.83. The van der Waals surface area contributed by atoms with Gasteiger partial charge in [0.25, 0.3) is 0 Å². The molecule has 0 amide bonds. The van der Waals surface area contributed by atoms with Crippen LogP contribution < -0.4 is 14.8 Å². The summed E-state index contributed by atoms with van der Waals surface area (Å²) in [6.07, 6.45) is 1.11. The van der Waals surface area contributed by atoms with Crippen LogP contribution in [0.4, 0.5) is 5.69 Å². The third kappa shape index (κ3) is 3.71. The largest absolute Gasteiger partial charge is 0.476 e. The van der Waals surface area contributed by atoms with Gasteiger partial charge in [0.2, 0.25) is 10.0 Å². The smallest absolute Gasteiger partial charge is 0.229 e. The van der Waals surface area contributed by atoms with Crippen LogP contribution in [0, 0.1) is 6.92 Å². The van der Waals surface area contributed by atoms with Crippen LogP contribution in [0.1, 0.15) is 5.56 Å². The van der Waals surface area contributed by atoms with Gasteiger partial charge in [-0.3, -0.25) is 10.0 Å². The summed E-state index contributed by atoms with van der Waals surface area (Å²) in [7, 11) is -1.54. The SMILES string of the molecule is CNCOc1c(C)cccc1NS(C)(=O)=O. The molecule has 6 heteroatoms. The number of hydrogen-bond acceptors (Lipinski definition) is 4. The molecule has 1 aromatic rings. The quantitative estimate of drug-likeness (QED) is 0.756. The van der Waals surface area contributed by atoms with Crippen molar-refractivity contribution in [3.63, 3.8) is 0 Å². The molecule has 0 radical (unpaired) electrons. The van der Waals surface area contributed by atoms with Crippen molar-refractivity contribution in [1.82, 2.24) is 5.32 Å². The van der Waals surface area contributed by atoms with Gasteiger partial charge < -0.3 is 4.74 Å². The molecule has 2 N–H and O–H groups in total. The van der Waals surface area contributed by atoms with Crippen LogP contribution in [0.15, 0.2) is 18.2 Å². The monoisotopic (exact) mass is 244 g/mol. The van der Waals surface area contributed by atoms with Crippen molar-refractivity contribution in [1.29, 1.82) is 0 Å². The molecule has 0 atom stereocenters. The number of para-hydroxylation sites is 1. The molecule has 0 aliphatic rings. The first-order valence-electron chi connectivity index (χ1n) is 4.79. The molecule has 0 spiro atoms. The van der Waals surface area contributed by atoms with Crippen LogP contribution in [-0.2, 0) is 10.0 Å². The first-order chi connectivity index (χ1) is 7.44. The van der Waals surface area contributed by atoms with E-state index in [9.17, 15) is 8.42 Å². The standard InChI is InChI=1S/C10H16N2O3S/c1-8-5-4-6-9(12-16(3,13)14)10(8)15-7-11-2/h4-6,11-12H,7H2,1-3H3. The second-order valence-electron chi connectivity index (χ2n) is 3.47. The molecule has 0 saturated heterocycles. The van der Waals surface area contributed by atoms with Crippen molar-refractivity contribution in [3.05, 3.63) is 23.8 Å². The summed E-state index contributed by atoms with van der Waals surface area (Å²) < 4.78 is 30.2. The van der Waals surface area contributed by atoms with Crippen molar-refractivity contribution < 1.29 is 13.2 Å². The van der Waals surface area contributed by atoms with E-state index in [-0.39, 0.29) is 0 Å². The van der Waals surface area contributed by atoms with E-state index in [1.165, 1.54) is 0 Å². The zero-order chi connectivity index (χ0) is 12.2. The van der Waals surface area contributed by atoms with Gasteiger partial charge in [0.05, 0.1) is 11.9 Å². The molecule has 0 bridgehead atoms. The Balaban J connectivity index is 3.02. The van der Waals surface area contributed by atoms with Gasteiger partial charge in [-0.15, -0.1) is 0 Å². The van der Waals surface area contributed by atoms with Crippen LogP contribution in [0.3, 0.4) is 0 Å². The maximum Gasteiger partial charge on any atom is 0.229 e. The van der Waals surface area contributed by atoms with E-state index in [1.807, 2.05) is 13.0 Å². The number of sulfonamides is 1. The van der Waals surface area contributed by atoms with Gasteiger partial charge in [-0.25, -0.2) is 8.42 Å². The average molecular weight is 244 g/mol. The molecule has 90 valence electrons. The van der Waals surface area contributed by atoms with Gasteiger partial charge >= 0.3 is 0 Å². The van der Waals surface area contributed by atoms with Crippen LogP contribution in [0.5, 0.6) is 5.75 Å². The third-order valence-corrected chi connectivity index (χ3v) is 2.46. The van der Waals surface area contributed by atoms with Gasteiger partial charge in [0.15, 0.2) is 0 Å². The van der Waals surface area contributed by atoms with Crippen molar-refractivity contribution >= 4 is 15.7 Å². The highest BCUT2D eigenvalue weighted by atomic mass is 32.2. The second-order valence-corrected chi connectivity index (χ2v) is 5.22. The highest BCUT2D eigenvalue weighted by molar-refractivity contribution is 7.92. The molecule has 16 heavy (non-hydrogen) atoms. The summed E-state index contributed by atoms with van der Waals surface area (Å²) >= 11 is 0. The highest BCUT2D eigenvalue weighted by Crippen LogP contribution is 2.28. The van der Waals surface area contributed by atoms with E-state index >= 15 is 0 Å². The van der Waals surface area contributed by atoms with Gasteiger partial charge in [0.1, 0.15) is 12.5 Å². The summed E-state index contributed by atoms with van der Waals surface area (Å²) in [5.74, 6) is 0.544. The van der Waals surface area contributed by atoms with Crippen molar-refractivity contribution in [3.8, 4) is 5.75 Å². The van der Waals surface area contributed by atoms with E-state index < -0.39 is 10.0 Å². The number of anilines is 1. The van der Waals surface area contributed by atoms with E-state index in [0.717, 1.165) is 11.8 Å². The lowest BCUT2D eigenvalue weighted by Crippen LogP contribution is -2.17. The van der Waals surface area contributed by atoms with Gasteiger partial charge in [-0.2, -0.15) is 0 Å². The molecule has 0 aliphatic heterocycles. The molecular weight excluding hydrogens is 228 g/mol. The summed E-state index contributed by atoms with van der Waals surface area (Å²) in [6.45, 7) is 2.18. The Morgan fingerprint density at radius 1 is 1.38 bits per heavy atom. The third-order valence-electron chi connectivity index (χ3n) is 1.87. The number of benzene rings is 1. The Labute approximate surface area is 95.9 Å². The molecule has 1 aromatic carbocycles. The normalized spacial score (nSPS) is 11.2. The summed E-state index contributed by atoms with van der Waals surface area (Å²) in [4.78, 5) is 0. The Kier molecular flexibility index (Phi) is 4.14. The Morgan fingerprint density at radius 2 is 2.06 bits per heavy atom. The number of nitrogens with one attached hydrogen (secondary N) is 2. The minimum atomic E-state index is -3.29. The molecule has 0 saturated carbocycles. The van der Waals surface area contributed by atoms with Crippen molar-refractivity contribution in [2.45, 2.75) is 6.92 Å². The van der Waals surface area contributed by atoms with Crippen LogP contribution in [-0.4, -0.2) is 28.5 Å². The van der Waals surface area contributed by atoms with Crippen molar-refractivity contribution in [2.75, 3.05) is 24.8 Å². The molecule has 0 aromatic heterocycles.